The van der Waals surface area contributed by atoms with Crippen molar-refractivity contribution in [2.45, 2.75) is 0 Å². The molecule has 7 heteroatoms. The molecule has 0 bridgehead atoms. The van der Waals surface area contributed by atoms with Crippen molar-refractivity contribution in [2.24, 2.45) is 0 Å². The fourth-order valence-electron chi connectivity index (χ4n) is 2.53. The summed E-state index contributed by atoms with van der Waals surface area (Å²) in [5.74, 6) is -2.67. The average molecular weight is 344 g/mol. The molecule has 24 heavy (non-hydrogen) atoms. The quantitative estimate of drug-likeness (QED) is 0.342. The lowest BCUT2D eigenvalue weighted by atomic mass is 10.1. The minimum Gasteiger partial charge on any atom is -0.497 e. The van der Waals surface area contributed by atoms with Crippen LogP contribution in [0.1, 0.15) is 0 Å². The van der Waals surface area contributed by atoms with Gasteiger partial charge in [0.05, 0.1) is 25.0 Å². The van der Waals surface area contributed by atoms with Gasteiger partial charge in [-0.25, -0.2) is 9.59 Å². The molecule has 0 unspecified atom stereocenters. The van der Waals surface area contributed by atoms with Gasteiger partial charge in [-0.15, -0.1) is 4.57 Å². The van der Waals surface area contributed by atoms with E-state index in [0.29, 0.717) is 5.52 Å². The van der Waals surface area contributed by atoms with E-state index >= 15 is 0 Å². The Hall–Kier alpha value is -2.93. The summed E-state index contributed by atoms with van der Waals surface area (Å²) < 4.78 is 10.7. The predicted molar refractivity (Wildman–Crippen MR) is 89.4 cm³/mol. The zero-order valence-electron chi connectivity index (χ0n) is 13.0. The van der Waals surface area contributed by atoms with Gasteiger partial charge in [0.1, 0.15) is 0 Å². The number of carbonyl (C=O) groups is 2. The Morgan fingerprint density at radius 2 is 1.75 bits per heavy atom. The first-order chi connectivity index (χ1) is 11.6. The number of benzene rings is 1. The van der Waals surface area contributed by atoms with Gasteiger partial charge in [-0.05, 0) is 11.4 Å². The number of rotatable bonds is 3. The third kappa shape index (κ3) is 2.48. The lowest BCUT2D eigenvalue weighted by Gasteiger charge is -2.06. The Balaban J connectivity index is 2.43. The lowest BCUT2D eigenvalue weighted by Crippen LogP contribution is -2.39. The van der Waals surface area contributed by atoms with Crippen LogP contribution in [0.3, 0.4) is 0 Å². The summed E-state index contributed by atoms with van der Waals surface area (Å²) in [6, 6.07) is 7.39. The van der Waals surface area contributed by atoms with E-state index in [2.05, 4.69) is 4.74 Å². The predicted octanol–water partition coefficient (Wildman–Crippen LogP) is 2.41. The number of methoxy groups -OCH3 is 2. The molecule has 3 rings (SSSR count). The molecule has 2 heterocycles. The molecule has 1 aromatic carbocycles. The Morgan fingerprint density at radius 1 is 1.04 bits per heavy atom. The number of carbonyl (C=O) groups excluding carboxylic acids is 2. The molecule has 0 spiro atoms. The molecule has 3 aromatic rings. The fourth-order valence-corrected chi connectivity index (χ4v) is 3.33. The number of esters is 2. The average Bonchev–Trinajstić information content (AvgIpc) is 3.09. The number of thiophene rings is 1. The second kappa shape index (κ2) is 6.29. The van der Waals surface area contributed by atoms with Gasteiger partial charge < -0.3 is 14.6 Å². The number of pyridine rings is 1. The van der Waals surface area contributed by atoms with Gasteiger partial charge in [0, 0.05) is 16.8 Å². The molecule has 0 saturated heterocycles. The number of fused-ring (bicyclic) bond motifs is 3. The maximum absolute atomic E-state index is 12.2. The van der Waals surface area contributed by atoms with Crippen molar-refractivity contribution < 1.29 is 28.7 Å². The van der Waals surface area contributed by atoms with Crippen molar-refractivity contribution in [1.82, 2.24) is 0 Å². The van der Waals surface area contributed by atoms with Gasteiger partial charge in [-0.1, -0.05) is 12.1 Å². The van der Waals surface area contributed by atoms with Crippen molar-refractivity contribution in [3.63, 3.8) is 0 Å². The second-order valence-corrected chi connectivity index (χ2v) is 5.68. The fraction of sp³-hybridized carbons (Fsp3) is 0.118. The zero-order chi connectivity index (χ0) is 17.3. The number of para-hydroxylation sites is 1. The Bertz CT molecular complexity index is 989. The number of ether oxygens (including phenoxy) is 2. The van der Waals surface area contributed by atoms with Gasteiger partial charge in [-0.2, -0.15) is 11.3 Å². The number of nitrogens with zero attached hydrogens (tertiary/aromatic N) is 1. The maximum atomic E-state index is 12.2. The highest BCUT2D eigenvalue weighted by molar-refractivity contribution is 7.09. The maximum Gasteiger partial charge on any atom is 0.408 e. The van der Waals surface area contributed by atoms with Gasteiger partial charge in [0.2, 0.25) is 5.52 Å². The lowest BCUT2D eigenvalue weighted by molar-refractivity contribution is -0.549. The Kier molecular flexibility index (Phi) is 4.18. The highest BCUT2D eigenvalue weighted by atomic mass is 32.1. The van der Waals surface area contributed by atoms with Crippen molar-refractivity contribution in [3.05, 3.63) is 47.0 Å². The molecule has 2 aromatic heterocycles. The summed E-state index contributed by atoms with van der Waals surface area (Å²) in [7, 11) is 2.30. The van der Waals surface area contributed by atoms with E-state index in [9.17, 15) is 14.7 Å². The molecular formula is C17H14NO5S+. The highest BCUT2D eigenvalue weighted by Crippen LogP contribution is 2.26. The van der Waals surface area contributed by atoms with E-state index in [-0.39, 0.29) is 5.70 Å². The molecule has 0 aliphatic heterocycles. The first kappa shape index (κ1) is 15.9. The third-order valence-corrected chi connectivity index (χ3v) is 4.40. The molecule has 0 aliphatic rings. The SMILES string of the molecule is COC(=O)/C(O)=C(/C(=O)OC)[n+]1cc2cscc2c2ccccc21. The molecule has 0 fully saturated rings. The molecule has 1 N–H and O–H groups in total. The van der Waals surface area contributed by atoms with Crippen LogP contribution in [0.2, 0.25) is 0 Å². The normalized spacial score (nSPS) is 12.1. The van der Waals surface area contributed by atoms with Crippen molar-refractivity contribution >= 4 is 50.6 Å². The van der Waals surface area contributed by atoms with Gasteiger partial charge in [-0.3, -0.25) is 0 Å². The minimum atomic E-state index is -1.02. The molecule has 122 valence electrons. The Morgan fingerprint density at radius 3 is 2.46 bits per heavy atom. The second-order valence-electron chi connectivity index (χ2n) is 4.94. The number of aliphatic hydroxyl groups excluding tert-OH is 1. The van der Waals surface area contributed by atoms with Crippen LogP contribution in [0.25, 0.3) is 27.4 Å². The van der Waals surface area contributed by atoms with Gasteiger partial charge >= 0.3 is 17.6 Å². The number of hydrogen-bond acceptors (Lipinski definition) is 6. The van der Waals surface area contributed by atoms with Crippen LogP contribution in [-0.2, 0) is 19.1 Å². The molecule has 0 aliphatic carbocycles. The van der Waals surface area contributed by atoms with E-state index < -0.39 is 17.7 Å². The third-order valence-electron chi connectivity index (χ3n) is 3.64. The van der Waals surface area contributed by atoms with Crippen LogP contribution in [-0.4, -0.2) is 31.3 Å². The van der Waals surface area contributed by atoms with Crippen molar-refractivity contribution in [2.75, 3.05) is 14.2 Å². The minimum absolute atomic E-state index is 0.298. The van der Waals surface area contributed by atoms with Crippen LogP contribution < -0.4 is 4.57 Å². The van der Waals surface area contributed by atoms with Crippen LogP contribution in [0.5, 0.6) is 0 Å². The monoisotopic (exact) mass is 344 g/mol. The largest absolute Gasteiger partial charge is 0.497 e. The van der Waals surface area contributed by atoms with Gasteiger partial charge in [0.25, 0.3) is 5.76 Å². The van der Waals surface area contributed by atoms with Crippen molar-refractivity contribution in [3.8, 4) is 0 Å². The van der Waals surface area contributed by atoms with E-state index in [0.717, 1.165) is 23.3 Å². The zero-order valence-corrected chi connectivity index (χ0v) is 13.8. The van der Waals surface area contributed by atoms with Crippen LogP contribution in [0.4, 0.5) is 0 Å². The number of aliphatic hydroxyl groups is 1. The summed E-state index contributed by atoms with van der Waals surface area (Å²) in [5, 5.41) is 16.9. The molecule has 0 saturated carbocycles. The van der Waals surface area contributed by atoms with E-state index in [1.807, 2.05) is 22.9 Å². The number of aromatic nitrogens is 1. The summed E-state index contributed by atoms with van der Waals surface area (Å²) in [6.07, 6.45) is 1.68. The van der Waals surface area contributed by atoms with Crippen molar-refractivity contribution in [1.29, 1.82) is 0 Å². The highest BCUT2D eigenvalue weighted by Gasteiger charge is 2.33. The topological polar surface area (TPSA) is 76.7 Å². The Labute approximate surface area is 141 Å². The summed E-state index contributed by atoms with van der Waals surface area (Å²) in [6.45, 7) is 0. The standard InChI is InChI=1S/C17H13NO5S/c1-22-16(20)14(15(19)17(21)23-2)18-7-10-8-24-9-12(10)11-5-3-4-6-13(11)18/h3-9H,1-2H3/p+1. The summed E-state index contributed by atoms with van der Waals surface area (Å²) in [4.78, 5) is 24.0. The number of hydrogen-bond donors (Lipinski definition) is 1. The van der Waals surface area contributed by atoms with E-state index in [1.165, 1.54) is 23.0 Å². The molecule has 6 nitrogen and oxygen atoms in total. The molecular weight excluding hydrogens is 330 g/mol. The van der Waals surface area contributed by atoms with Gasteiger partial charge in [0.15, 0.2) is 6.20 Å². The molecule has 0 radical (unpaired) electrons. The molecule has 0 amide bonds. The van der Waals surface area contributed by atoms with E-state index in [4.69, 9.17) is 4.74 Å². The summed E-state index contributed by atoms with van der Waals surface area (Å²) >= 11 is 1.52. The van der Waals surface area contributed by atoms with Crippen LogP contribution >= 0.6 is 11.3 Å². The van der Waals surface area contributed by atoms with Crippen LogP contribution in [0, 0.1) is 0 Å². The summed E-state index contributed by atoms with van der Waals surface area (Å²) in [5.41, 5.74) is 0.355. The first-order valence-corrected chi connectivity index (χ1v) is 7.92. The first-order valence-electron chi connectivity index (χ1n) is 6.98. The van der Waals surface area contributed by atoms with E-state index in [1.54, 1.807) is 18.3 Å². The van der Waals surface area contributed by atoms with Crippen LogP contribution in [0.15, 0.2) is 47.0 Å². The molecule has 0 atom stereocenters. The smallest absolute Gasteiger partial charge is 0.408 e.